The van der Waals surface area contributed by atoms with Gasteiger partial charge in [0.2, 0.25) is 5.91 Å². The molecule has 0 N–H and O–H groups in total. The summed E-state index contributed by atoms with van der Waals surface area (Å²) in [5, 5.41) is 0. The lowest BCUT2D eigenvalue weighted by atomic mass is 9.99. The van der Waals surface area contributed by atoms with Crippen molar-refractivity contribution in [1.82, 2.24) is 9.55 Å². The summed E-state index contributed by atoms with van der Waals surface area (Å²) in [4.78, 5) is 20.2. The Morgan fingerprint density at radius 3 is 2.45 bits per heavy atom. The third kappa shape index (κ3) is 5.33. The molecule has 0 radical (unpaired) electrons. The molecule has 1 amide bonds. The van der Waals surface area contributed by atoms with Gasteiger partial charge in [0.05, 0.1) is 17.6 Å². The molecule has 2 atom stereocenters. The molecule has 1 aliphatic rings. The number of hydrogen-bond donors (Lipinski definition) is 0. The fourth-order valence-electron chi connectivity index (χ4n) is 5.66. The van der Waals surface area contributed by atoms with Crippen molar-refractivity contribution in [2.24, 2.45) is 0 Å². The number of aromatic nitrogens is 2. The van der Waals surface area contributed by atoms with Crippen LogP contribution in [-0.4, -0.2) is 28.6 Å². The number of imidazole rings is 1. The molecule has 1 saturated heterocycles. The Bertz CT molecular complexity index is 1390. The Morgan fingerprint density at radius 2 is 1.71 bits per heavy atom. The fourth-order valence-corrected chi connectivity index (χ4v) is 5.66. The molecular weight excluding hydrogens is 470 g/mol. The van der Waals surface area contributed by atoms with E-state index in [1.807, 2.05) is 11.0 Å². The van der Waals surface area contributed by atoms with Crippen molar-refractivity contribution in [3.05, 3.63) is 89.2 Å². The number of amides is 1. The van der Waals surface area contributed by atoms with Crippen LogP contribution in [0.2, 0.25) is 0 Å². The number of unbranched alkanes of at least 4 members (excludes halogenated alkanes) is 1. The van der Waals surface area contributed by atoms with Crippen LogP contribution in [0.5, 0.6) is 5.75 Å². The second-order valence-electron chi connectivity index (χ2n) is 10.7. The largest absolute Gasteiger partial charge is 0.494 e. The maximum atomic E-state index is 13.2. The Balaban J connectivity index is 1.26. The maximum Gasteiger partial charge on any atom is 0.227 e. The third-order valence-corrected chi connectivity index (χ3v) is 7.99. The molecule has 2 heterocycles. The number of ether oxygens (including phenoxy) is 1. The highest BCUT2D eigenvalue weighted by Crippen LogP contribution is 2.36. The van der Waals surface area contributed by atoms with Crippen LogP contribution in [0, 0.1) is 13.8 Å². The van der Waals surface area contributed by atoms with Gasteiger partial charge in [-0.1, -0.05) is 56.3 Å². The molecule has 0 saturated carbocycles. The number of carbonyl (C=O) groups excluding carboxylic acids is 1. The van der Waals surface area contributed by atoms with Gasteiger partial charge in [-0.2, -0.15) is 0 Å². The Labute approximate surface area is 226 Å². The molecule has 38 heavy (non-hydrogen) atoms. The lowest BCUT2D eigenvalue weighted by Gasteiger charge is -2.21. The molecule has 3 aromatic carbocycles. The molecule has 2 unspecified atom stereocenters. The van der Waals surface area contributed by atoms with Gasteiger partial charge in [0.1, 0.15) is 11.6 Å². The van der Waals surface area contributed by atoms with Crippen LogP contribution in [-0.2, 0) is 11.3 Å². The fraction of sp³-hybridized carbons (Fsp3) is 0.394. The molecule has 0 spiro atoms. The molecule has 0 aliphatic carbocycles. The van der Waals surface area contributed by atoms with E-state index in [1.54, 1.807) is 0 Å². The Kier molecular flexibility index (Phi) is 7.82. The summed E-state index contributed by atoms with van der Waals surface area (Å²) in [5.74, 6) is 2.79. The van der Waals surface area contributed by atoms with E-state index in [0.29, 0.717) is 25.5 Å². The summed E-state index contributed by atoms with van der Waals surface area (Å²) in [5.41, 5.74) is 6.84. The summed E-state index contributed by atoms with van der Waals surface area (Å²) in [7, 11) is 0. The number of fused-ring (bicyclic) bond motifs is 1. The molecule has 5 rings (SSSR count). The molecule has 0 bridgehead atoms. The SMILES string of the molecule is CCC(C)c1ccc(OCCCCn2c(C3CC(=O)N(c4c(C)cccc4C)C3)nc3ccccc32)cc1. The standard InChI is InChI=1S/C33H39N3O2/c1-5-23(2)26-15-17-28(18-16-26)38-20-9-8-19-35-30-14-7-6-13-29(30)34-33(35)27-21-31(37)36(22-27)32-24(3)11-10-12-25(32)4/h6-7,10-18,23,27H,5,8-9,19-22H2,1-4H3. The second-order valence-corrected chi connectivity index (χ2v) is 10.7. The van der Waals surface area contributed by atoms with Crippen LogP contribution in [0.15, 0.2) is 66.7 Å². The van der Waals surface area contributed by atoms with Crippen molar-refractivity contribution < 1.29 is 9.53 Å². The number of nitrogens with zero attached hydrogens (tertiary/aromatic N) is 3. The van der Waals surface area contributed by atoms with Gasteiger partial charge >= 0.3 is 0 Å². The lowest BCUT2D eigenvalue weighted by Crippen LogP contribution is -2.26. The minimum Gasteiger partial charge on any atom is -0.494 e. The van der Waals surface area contributed by atoms with Crippen LogP contribution >= 0.6 is 0 Å². The summed E-state index contributed by atoms with van der Waals surface area (Å²) in [6.45, 7) is 10.9. The van der Waals surface area contributed by atoms with E-state index in [2.05, 4.69) is 92.9 Å². The molecule has 1 aromatic heterocycles. The number of hydrogen-bond acceptors (Lipinski definition) is 3. The monoisotopic (exact) mass is 509 g/mol. The van der Waals surface area contributed by atoms with Crippen LogP contribution < -0.4 is 9.64 Å². The van der Waals surface area contributed by atoms with Crippen molar-refractivity contribution in [2.75, 3.05) is 18.1 Å². The van der Waals surface area contributed by atoms with Crippen molar-refractivity contribution in [2.45, 2.75) is 71.8 Å². The van der Waals surface area contributed by atoms with Crippen molar-refractivity contribution in [3.63, 3.8) is 0 Å². The Morgan fingerprint density at radius 1 is 0.974 bits per heavy atom. The molecule has 1 aliphatic heterocycles. The summed E-state index contributed by atoms with van der Waals surface area (Å²) < 4.78 is 8.37. The van der Waals surface area contributed by atoms with Crippen molar-refractivity contribution in [1.29, 1.82) is 0 Å². The zero-order valence-corrected chi connectivity index (χ0v) is 23.1. The van der Waals surface area contributed by atoms with Gasteiger partial charge < -0.3 is 14.2 Å². The van der Waals surface area contributed by atoms with E-state index in [-0.39, 0.29) is 11.8 Å². The highest BCUT2D eigenvalue weighted by Gasteiger charge is 2.35. The lowest BCUT2D eigenvalue weighted by molar-refractivity contribution is -0.117. The van der Waals surface area contributed by atoms with E-state index in [1.165, 1.54) is 5.56 Å². The predicted octanol–water partition coefficient (Wildman–Crippen LogP) is 7.55. The van der Waals surface area contributed by atoms with E-state index in [9.17, 15) is 4.79 Å². The van der Waals surface area contributed by atoms with Crippen molar-refractivity contribution >= 4 is 22.6 Å². The van der Waals surface area contributed by atoms with Crippen LogP contribution in [0.3, 0.4) is 0 Å². The number of anilines is 1. The van der Waals surface area contributed by atoms with Gasteiger partial charge in [-0.25, -0.2) is 4.98 Å². The number of carbonyl (C=O) groups is 1. The highest BCUT2D eigenvalue weighted by molar-refractivity contribution is 5.98. The molecule has 4 aromatic rings. The van der Waals surface area contributed by atoms with Gasteiger partial charge in [-0.05, 0) is 80.0 Å². The summed E-state index contributed by atoms with van der Waals surface area (Å²) in [6, 6.07) is 23.1. The van der Waals surface area contributed by atoms with Crippen LogP contribution in [0.1, 0.15) is 73.9 Å². The van der Waals surface area contributed by atoms with Gasteiger partial charge in [0, 0.05) is 31.1 Å². The maximum absolute atomic E-state index is 13.2. The predicted molar refractivity (Wildman–Crippen MR) is 155 cm³/mol. The molecule has 5 heteroatoms. The van der Waals surface area contributed by atoms with E-state index >= 15 is 0 Å². The zero-order chi connectivity index (χ0) is 26.6. The average Bonchev–Trinajstić information content (AvgIpc) is 3.48. The van der Waals surface area contributed by atoms with Crippen LogP contribution in [0.25, 0.3) is 11.0 Å². The quantitative estimate of drug-likeness (QED) is 0.207. The summed E-state index contributed by atoms with van der Waals surface area (Å²) >= 11 is 0. The van der Waals surface area contributed by atoms with Gasteiger partial charge in [0.15, 0.2) is 0 Å². The Hall–Kier alpha value is -3.60. The topological polar surface area (TPSA) is 47.4 Å². The van der Waals surface area contributed by atoms with Gasteiger partial charge in [0.25, 0.3) is 0 Å². The van der Waals surface area contributed by atoms with E-state index < -0.39 is 0 Å². The number of para-hydroxylation sites is 3. The highest BCUT2D eigenvalue weighted by atomic mass is 16.5. The first-order valence-electron chi connectivity index (χ1n) is 14.0. The molecule has 198 valence electrons. The molecular formula is C33H39N3O2. The average molecular weight is 510 g/mol. The first-order valence-corrected chi connectivity index (χ1v) is 14.0. The van der Waals surface area contributed by atoms with E-state index in [4.69, 9.17) is 9.72 Å². The minimum absolute atomic E-state index is 0.0779. The van der Waals surface area contributed by atoms with Gasteiger partial charge in [-0.3, -0.25) is 4.79 Å². The summed E-state index contributed by atoms with van der Waals surface area (Å²) in [6.07, 6.45) is 3.58. The smallest absolute Gasteiger partial charge is 0.227 e. The minimum atomic E-state index is 0.0779. The van der Waals surface area contributed by atoms with Crippen molar-refractivity contribution in [3.8, 4) is 5.75 Å². The number of aryl methyl sites for hydroxylation is 3. The van der Waals surface area contributed by atoms with Gasteiger partial charge in [-0.15, -0.1) is 0 Å². The normalized spacial score (nSPS) is 16.4. The third-order valence-electron chi connectivity index (χ3n) is 7.99. The number of benzene rings is 3. The van der Waals surface area contributed by atoms with Crippen LogP contribution in [0.4, 0.5) is 5.69 Å². The zero-order valence-electron chi connectivity index (χ0n) is 23.1. The molecule has 1 fully saturated rings. The first-order chi connectivity index (χ1) is 18.5. The number of rotatable bonds is 10. The van der Waals surface area contributed by atoms with E-state index in [0.717, 1.165) is 65.2 Å². The first kappa shape index (κ1) is 26.0. The second kappa shape index (κ2) is 11.4. The molecule has 5 nitrogen and oxygen atoms in total.